The number of hydrogen-bond donors (Lipinski definition) is 1. The number of anilines is 1. The number of aryl methyl sites for hydroxylation is 1. The van der Waals surface area contributed by atoms with E-state index in [0.29, 0.717) is 12.5 Å². The number of nitrogens with zero attached hydrogens (tertiary/aromatic N) is 1. The van der Waals surface area contributed by atoms with Crippen LogP contribution in [0.25, 0.3) is 0 Å². The summed E-state index contributed by atoms with van der Waals surface area (Å²) in [4.78, 5) is 14.7. The van der Waals surface area contributed by atoms with E-state index in [1.165, 1.54) is 0 Å². The van der Waals surface area contributed by atoms with Gasteiger partial charge in [0.2, 0.25) is 5.91 Å². The Balaban J connectivity index is 0.00000161. The molecule has 4 nitrogen and oxygen atoms in total. The number of halogens is 1. The number of amides is 1. The highest BCUT2D eigenvalue weighted by atomic mass is 35.5. The average Bonchev–Trinajstić information content (AvgIpc) is 2.34. The van der Waals surface area contributed by atoms with Crippen LogP contribution < -0.4 is 15.0 Å². The first kappa shape index (κ1) is 16.1. The topological polar surface area (TPSA) is 41.6 Å². The van der Waals surface area contributed by atoms with Gasteiger partial charge in [0, 0.05) is 5.92 Å². The molecule has 1 N–H and O–H groups in total. The van der Waals surface area contributed by atoms with Crippen molar-refractivity contribution in [2.45, 2.75) is 26.9 Å². The van der Waals surface area contributed by atoms with Crippen LogP contribution in [0.2, 0.25) is 0 Å². The lowest BCUT2D eigenvalue weighted by Gasteiger charge is -2.38. The third-order valence-corrected chi connectivity index (χ3v) is 4.35. The fourth-order valence-corrected chi connectivity index (χ4v) is 2.87. The molecule has 3 rings (SSSR count). The van der Waals surface area contributed by atoms with Gasteiger partial charge in [0.25, 0.3) is 0 Å². The van der Waals surface area contributed by atoms with Crippen LogP contribution >= 0.6 is 12.4 Å². The van der Waals surface area contributed by atoms with Crippen LogP contribution in [-0.4, -0.2) is 31.6 Å². The molecule has 2 heterocycles. The molecule has 2 aliphatic rings. The third kappa shape index (κ3) is 3.01. The molecular weight excluding hydrogens is 288 g/mol. The second-order valence-electron chi connectivity index (χ2n) is 6.06. The van der Waals surface area contributed by atoms with E-state index in [1.54, 1.807) is 0 Å². The van der Waals surface area contributed by atoms with E-state index in [4.69, 9.17) is 4.74 Å². The number of nitrogens with one attached hydrogen (secondary N) is 1. The number of hydrogen-bond acceptors (Lipinski definition) is 3. The largest absolute Gasteiger partial charge is 0.487 e. The SMILES string of the molecule is Cc1ccc2c(c1)OC(C)CN2C(=O)C(C)C1CNC1.Cl. The molecular formula is C16H23ClN2O2. The minimum absolute atomic E-state index is 0. The minimum Gasteiger partial charge on any atom is -0.487 e. The lowest BCUT2D eigenvalue weighted by atomic mass is 9.87. The zero-order chi connectivity index (χ0) is 14.3. The van der Waals surface area contributed by atoms with Crippen LogP contribution in [0.3, 0.4) is 0 Å². The van der Waals surface area contributed by atoms with E-state index in [9.17, 15) is 4.79 Å². The summed E-state index contributed by atoms with van der Waals surface area (Å²) in [6.07, 6.45) is 0.0416. The molecule has 0 radical (unpaired) electrons. The Kier molecular flexibility index (Phi) is 4.79. The number of rotatable bonds is 2. The van der Waals surface area contributed by atoms with Crippen molar-refractivity contribution in [3.8, 4) is 5.75 Å². The van der Waals surface area contributed by atoms with E-state index < -0.39 is 0 Å². The molecule has 2 unspecified atom stereocenters. The van der Waals surface area contributed by atoms with Gasteiger partial charge in [-0.05, 0) is 50.6 Å². The summed E-state index contributed by atoms with van der Waals surface area (Å²) in [5.41, 5.74) is 2.07. The van der Waals surface area contributed by atoms with Crippen molar-refractivity contribution in [1.82, 2.24) is 5.32 Å². The van der Waals surface area contributed by atoms with Gasteiger partial charge in [-0.15, -0.1) is 12.4 Å². The van der Waals surface area contributed by atoms with Gasteiger partial charge >= 0.3 is 0 Å². The van der Waals surface area contributed by atoms with E-state index in [0.717, 1.165) is 30.1 Å². The maximum absolute atomic E-state index is 12.8. The summed E-state index contributed by atoms with van der Waals surface area (Å²) in [6.45, 7) is 8.64. The van der Waals surface area contributed by atoms with Gasteiger partial charge in [0.05, 0.1) is 12.2 Å². The number of benzene rings is 1. The molecule has 1 aromatic carbocycles. The highest BCUT2D eigenvalue weighted by molar-refractivity contribution is 5.97. The molecule has 0 aromatic heterocycles. The van der Waals surface area contributed by atoms with Gasteiger partial charge in [-0.25, -0.2) is 0 Å². The molecule has 2 aliphatic heterocycles. The second-order valence-corrected chi connectivity index (χ2v) is 6.06. The van der Waals surface area contributed by atoms with Crippen LogP contribution in [0.5, 0.6) is 5.75 Å². The van der Waals surface area contributed by atoms with Crippen LogP contribution in [0.15, 0.2) is 18.2 Å². The second kappa shape index (κ2) is 6.24. The third-order valence-electron chi connectivity index (χ3n) is 4.35. The Labute approximate surface area is 132 Å². The van der Waals surface area contributed by atoms with E-state index in [2.05, 4.69) is 5.32 Å². The first-order valence-corrected chi connectivity index (χ1v) is 7.35. The Morgan fingerprint density at radius 3 is 2.76 bits per heavy atom. The zero-order valence-electron chi connectivity index (χ0n) is 12.8. The molecule has 1 saturated heterocycles. The number of carbonyl (C=O) groups excluding carboxylic acids is 1. The molecule has 5 heteroatoms. The Morgan fingerprint density at radius 2 is 2.14 bits per heavy atom. The fraction of sp³-hybridized carbons (Fsp3) is 0.562. The van der Waals surface area contributed by atoms with Crippen LogP contribution in [-0.2, 0) is 4.79 Å². The standard InChI is InChI=1S/C16H22N2O2.ClH/c1-10-4-5-14-15(6-10)20-11(2)9-18(14)16(19)12(3)13-7-17-8-13;/h4-6,11-13,17H,7-9H2,1-3H3;1H. The number of ether oxygens (including phenoxy) is 1. The number of fused-ring (bicyclic) bond motifs is 1. The molecule has 0 bridgehead atoms. The fourth-order valence-electron chi connectivity index (χ4n) is 2.87. The normalized spacial score (nSPS) is 22.4. The molecule has 1 aromatic rings. The Hall–Kier alpha value is -1.26. The summed E-state index contributed by atoms with van der Waals surface area (Å²) in [5, 5.41) is 3.24. The van der Waals surface area contributed by atoms with Gasteiger partial charge in [-0.2, -0.15) is 0 Å². The van der Waals surface area contributed by atoms with Crippen LogP contribution in [0.4, 0.5) is 5.69 Å². The van der Waals surface area contributed by atoms with Gasteiger partial charge in [-0.3, -0.25) is 4.79 Å². The van der Waals surface area contributed by atoms with Crippen molar-refractivity contribution in [1.29, 1.82) is 0 Å². The molecule has 1 fully saturated rings. The van der Waals surface area contributed by atoms with E-state index >= 15 is 0 Å². The molecule has 0 aliphatic carbocycles. The number of carbonyl (C=O) groups is 1. The van der Waals surface area contributed by atoms with Crippen molar-refractivity contribution < 1.29 is 9.53 Å². The van der Waals surface area contributed by atoms with Gasteiger partial charge in [-0.1, -0.05) is 13.0 Å². The summed E-state index contributed by atoms with van der Waals surface area (Å²) in [5.74, 6) is 1.58. The summed E-state index contributed by atoms with van der Waals surface area (Å²) >= 11 is 0. The van der Waals surface area contributed by atoms with Crippen molar-refractivity contribution in [3.05, 3.63) is 23.8 Å². The highest BCUT2D eigenvalue weighted by Crippen LogP contribution is 2.35. The van der Waals surface area contributed by atoms with Crippen molar-refractivity contribution in [2.75, 3.05) is 24.5 Å². The lowest BCUT2D eigenvalue weighted by molar-refractivity contribution is -0.124. The monoisotopic (exact) mass is 310 g/mol. The lowest BCUT2D eigenvalue weighted by Crippen LogP contribution is -2.52. The first-order valence-electron chi connectivity index (χ1n) is 7.35. The molecule has 0 saturated carbocycles. The zero-order valence-corrected chi connectivity index (χ0v) is 13.6. The molecule has 116 valence electrons. The van der Waals surface area contributed by atoms with Crippen LogP contribution in [0, 0.1) is 18.8 Å². The molecule has 0 spiro atoms. The first-order chi connectivity index (χ1) is 9.56. The summed E-state index contributed by atoms with van der Waals surface area (Å²) < 4.78 is 5.87. The molecule has 2 atom stereocenters. The Bertz CT molecular complexity index is 531. The van der Waals surface area contributed by atoms with Crippen molar-refractivity contribution in [3.63, 3.8) is 0 Å². The quantitative estimate of drug-likeness (QED) is 0.912. The maximum Gasteiger partial charge on any atom is 0.230 e. The summed E-state index contributed by atoms with van der Waals surface area (Å²) in [7, 11) is 0. The van der Waals surface area contributed by atoms with E-state index in [-0.39, 0.29) is 30.3 Å². The van der Waals surface area contributed by atoms with Gasteiger partial charge in [0.15, 0.2) is 0 Å². The summed E-state index contributed by atoms with van der Waals surface area (Å²) in [6, 6.07) is 6.05. The van der Waals surface area contributed by atoms with Gasteiger partial charge in [0.1, 0.15) is 11.9 Å². The van der Waals surface area contributed by atoms with E-state index in [1.807, 2.05) is 43.9 Å². The minimum atomic E-state index is 0. The smallest absolute Gasteiger partial charge is 0.230 e. The van der Waals surface area contributed by atoms with Crippen LogP contribution in [0.1, 0.15) is 19.4 Å². The highest BCUT2D eigenvalue weighted by Gasteiger charge is 2.35. The Morgan fingerprint density at radius 1 is 1.43 bits per heavy atom. The predicted octanol–water partition coefficient (Wildman–Crippen LogP) is 2.39. The van der Waals surface area contributed by atoms with Gasteiger partial charge < -0.3 is 15.0 Å². The average molecular weight is 311 g/mol. The van der Waals surface area contributed by atoms with Crippen molar-refractivity contribution >= 4 is 24.0 Å². The predicted molar refractivity (Wildman–Crippen MR) is 86.4 cm³/mol. The molecule has 21 heavy (non-hydrogen) atoms. The van der Waals surface area contributed by atoms with Crippen molar-refractivity contribution in [2.24, 2.45) is 11.8 Å². The maximum atomic E-state index is 12.8. The molecule has 1 amide bonds.